The molecule has 1 aromatic rings. The molecule has 1 amide bonds. The van der Waals surface area contributed by atoms with E-state index in [1.54, 1.807) is 13.8 Å². The van der Waals surface area contributed by atoms with E-state index < -0.39 is 11.6 Å². The minimum absolute atomic E-state index is 0. The molecular weight excluding hydrogens is 262 g/mol. The number of hydrogen-bond donors (Lipinski definition) is 1. The van der Waals surface area contributed by atoms with Crippen molar-refractivity contribution in [2.24, 2.45) is 0 Å². The molecule has 0 bridgehead atoms. The van der Waals surface area contributed by atoms with Gasteiger partial charge >= 0.3 is 29.1 Å². The number of halogens is 1. The minimum Gasteiger partial charge on any atom is -1.00 e. The molecule has 18 heavy (non-hydrogen) atoms. The first-order valence-electron chi connectivity index (χ1n) is 4.96. The van der Waals surface area contributed by atoms with Crippen molar-refractivity contribution in [1.29, 1.82) is 0 Å². The van der Waals surface area contributed by atoms with Crippen molar-refractivity contribution in [3.63, 3.8) is 0 Å². The summed E-state index contributed by atoms with van der Waals surface area (Å²) in [5, 5.41) is 2.52. The van der Waals surface area contributed by atoms with Crippen LogP contribution in [0.15, 0.2) is 30.3 Å². The molecule has 0 heterocycles. The van der Waals surface area contributed by atoms with Crippen LogP contribution in [0.5, 0.6) is 0 Å². The minimum atomic E-state index is -0.798. The van der Waals surface area contributed by atoms with Gasteiger partial charge < -0.3 is 34.8 Å². The Morgan fingerprint density at radius 3 is 2.44 bits per heavy atom. The third-order valence-electron chi connectivity index (χ3n) is 1.94. The molecule has 1 rings (SSSR count). The van der Waals surface area contributed by atoms with Crippen LogP contribution in [-0.2, 0) is 11.3 Å². The SMILES string of the molecule is [C-]#CC(C)(C)NC(=O)OCc1ccccc1.[Cl-].[Mg+2]. The molecule has 5 heteroatoms. The molecule has 1 aromatic carbocycles. The van der Waals surface area contributed by atoms with Gasteiger partial charge in [0.15, 0.2) is 0 Å². The van der Waals surface area contributed by atoms with E-state index in [-0.39, 0.29) is 42.1 Å². The number of rotatable bonds is 3. The third-order valence-corrected chi connectivity index (χ3v) is 1.94. The first-order valence-corrected chi connectivity index (χ1v) is 4.96. The Kier molecular flexibility index (Phi) is 9.82. The smallest absolute Gasteiger partial charge is 1.00 e. The zero-order valence-electron chi connectivity index (χ0n) is 10.5. The van der Waals surface area contributed by atoms with E-state index in [0.717, 1.165) is 5.56 Å². The van der Waals surface area contributed by atoms with Gasteiger partial charge in [-0.15, -0.1) is 0 Å². The molecule has 0 unspecified atom stereocenters. The van der Waals surface area contributed by atoms with Crippen LogP contribution in [0, 0.1) is 12.3 Å². The summed E-state index contributed by atoms with van der Waals surface area (Å²) in [5.41, 5.74) is 0.127. The maximum absolute atomic E-state index is 11.3. The summed E-state index contributed by atoms with van der Waals surface area (Å²) >= 11 is 0. The van der Waals surface area contributed by atoms with Crippen LogP contribution in [0.3, 0.4) is 0 Å². The van der Waals surface area contributed by atoms with Gasteiger partial charge in [-0.05, 0) is 19.4 Å². The number of carbonyl (C=O) groups excluding carboxylic acids is 1. The summed E-state index contributed by atoms with van der Waals surface area (Å²) in [6, 6.07) is 9.41. The van der Waals surface area contributed by atoms with Crippen LogP contribution in [0.4, 0.5) is 4.79 Å². The van der Waals surface area contributed by atoms with E-state index in [9.17, 15) is 4.79 Å². The second kappa shape index (κ2) is 9.09. The Hall–Kier alpha value is -0.894. The van der Waals surface area contributed by atoms with E-state index in [1.807, 2.05) is 30.3 Å². The molecule has 3 nitrogen and oxygen atoms in total. The van der Waals surface area contributed by atoms with E-state index >= 15 is 0 Å². The van der Waals surface area contributed by atoms with Crippen LogP contribution in [0.1, 0.15) is 19.4 Å². The van der Waals surface area contributed by atoms with Crippen molar-refractivity contribution in [3.8, 4) is 5.92 Å². The standard InChI is InChI=1S/C13H14NO2.ClH.Mg/c1-4-13(2,3)14-12(15)16-10-11-8-6-5-7-9-11;;/h5-9H,10H2,2-3H3,(H,14,15);1H;/q-1;;+2/p-1. The van der Waals surface area contributed by atoms with Crippen molar-refractivity contribution in [2.75, 3.05) is 0 Å². The molecular formula is C13H14ClMgNO2. The van der Waals surface area contributed by atoms with Crippen LogP contribution in [0.25, 0.3) is 0 Å². The zero-order chi connectivity index (χ0) is 12.0. The van der Waals surface area contributed by atoms with E-state index in [4.69, 9.17) is 11.2 Å². The number of nitrogens with one attached hydrogen (secondary N) is 1. The predicted molar refractivity (Wildman–Crippen MR) is 66.7 cm³/mol. The quantitative estimate of drug-likeness (QED) is 0.432. The topological polar surface area (TPSA) is 38.3 Å². The molecule has 0 aliphatic heterocycles. The van der Waals surface area contributed by atoms with Gasteiger partial charge in [0.25, 0.3) is 0 Å². The van der Waals surface area contributed by atoms with Gasteiger partial charge in [0.2, 0.25) is 0 Å². The van der Waals surface area contributed by atoms with E-state index in [0.29, 0.717) is 0 Å². The zero-order valence-corrected chi connectivity index (χ0v) is 12.7. The van der Waals surface area contributed by atoms with E-state index in [1.165, 1.54) is 0 Å². The van der Waals surface area contributed by atoms with Crippen molar-refractivity contribution in [1.82, 2.24) is 5.32 Å². The Morgan fingerprint density at radius 2 is 1.94 bits per heavy atom. The van der Waals surface area contributed by atoms with Gasteiger partial charge in [0.05, 0.1) is 5.54 Å². The molecule has 0 saturated carbocycles. The second-order valence-corrected chi connectivity index (χ2v) is 3.94. The van der Waals surface area contributed by atoms with Gasteiger partial charge in [-0.1, -0.05) is 30.3 Å². The van der Waals surface area contributed by atoms with E-state index in [2.05, 4.69) is 11.2 Å². The van der Waals surface area contributed by atoms with Gasteiger partial charge in [-0.2, -0.15) is 0 Å². The molecule has 0 aliphatic rings. The van der Waals surface area contributed by atoms with Crippen molar-refractivity contribution in [3.05, 3.63) is 42.3 Å². The Labute approximate surface area is 130 Å². The summed E-state index contributed by atoms with van der Waals surface area (Å²) in [4.78, 5) is 11.3. The maximum Gasteiger partial charge on any atom is 2.00 e. The number of carbonyl (C=O) groups is 1. The molecule has 0 radical (unpaired) electrons. The van der Waals surface area contributed by atoms with Crippen LogP contribution in [-0.4, -0.2) is 34.7 Å². The van der Waals surface area contributed by atoms with Gasteiger partial charge in [-0.3, -0.25) is 0 Å². The second-order valence-electron chi connectivity index (χ2n) is 3.94. The Morgan fingerprint density at radius 1 is 1.39 bits per heavy atom. The maximum atomic E-state index is 11.3. The molecule has 92 valence electrons. The van der Waals surface area contributed by atoms with Crippen LogP contribution in [0.2, 0.25) is 0 Å². The summed E-state index contributed by atoms with van der Waals surface area (Å²) in [5.74, 6) is 2.21. The third kappa shape index (κ3) is 7.44. The average molecular weight is 276 g/mol. The van der Waals surface area contributed by atoms with Gasteiger partial charge in [-0.25, -0.2) is 4.79 Å². The monoisotopic (exact) mass is 275 g/mol. The normalized spacial score (nSPS) is 9.17. The molecule has 0 atom stereocenters. The van der Waals surface area contributed by atoms with Crippen molar-refractivity contribution in [2.45, 2.75) is 26.0 Å². The van der Waals surface area contributed by atoms with Crippen molar-refractivity contribution < 1.29 is 21.9 Å². The molecule has 0 aromatic heterocycles. The first kappa shape index (κ1) is 19.4. The summed E-state index contributed by atoms with van der Waals surface area (Å²) in [6.07, 6.45) is 6.43. The molecule has 0 aliphatic carbocycles. The number of hydrogen-bond acceptors (Lipinski definition) is 2. The molecule has 0 spiro atoms. The fraction of sp³-hybridized carbons (Fsp3) is 0.308. The molecule has 0 saturated heterocycles. The fourth-order valence-electron chi connectivity index (χ4n) is 1.05. The van der Waals surface area contributed by atoms with Gasteiger partial charge in [0, 0.05) is 0 Å². The fourth-order valence-corrected chi connectivity index (χ4v) is 1.05. The molecule has 1 N–H and O–H groups in total. The van der Waals surface area contributed by atoms with Crippen LogP contribution >= 0.6 is 0 Å². The Balaban J connectivity index is 0. The summed E-state index contributed by atoms with van der Waals surface area (Å²) < 4.78 is 4.99. The predicted octanol–water partition coefficient (Wildman–Crippen LogP) is -1.10. The molecule has 0 fully saturated rings. The number of ether oxygens (including phenoxy) is 1. The average Bonchev–Trinajstić information content (AvgIpc) is 2.27. The number of amides is 1. The number of alkyl carbamates (subject to hydrolysis) is 1. The number of benzene rings is 1. The first-order chi connectivity index (χ1) is 7.53. The largest absolute Gasteiger partial charge is 2.00 e. The van der Waals surface area contributed by atoms with Crippen molar-refractivity contribution >= 4 is 29.1 Å². The van der Waals surface area contributed by atoms with Crippen LogP contribution < -0.4 is 17.7 Å². The Bertz CT molecular complexity index is 401. The summed E-state index contributed by atoms with van der Waals surface area (Å²) in [6.45, 7) is 3.56. The van der Waals surface area contributed by atoms with Gasteiger partial charge in [0.1, 0.15) is 6.61 Å². The summed E-state index contributed by atoms with van der Waals surface area (Å²) in [7, 11) is 0.